The van der Waals surface area contributed by atoms with Gasteiger partial charge in [0.05, 0.1) is 15.6 Å². The topological polar surface area (TPSA) is 9.23 Å². The maximum absolute atomic E-state index is 13.2. The summed E-state index contributed by atoms with van der Waals surface area (Å²) in [5.74, 6) is -1.28. The molecule has 0 unspecified atom stereocenters. The normalized spacial score (nSPS) is 10.4. The van der Waals surface area contributed by atoms with Crippen molar-refractivity contribution in [3.8, 4) is 5.75 Å². The van der Waals surface area contributed by atoms with Gasteiger partial charge in [0.15, 0.2) is 17.4 Å². The number of benzene rings is 1. The molecule has 0 saturated heterocycles. The summed E-state index contributed by atoms with van der Waals surface area (Å²) >= 11 is 8.94. The lowest BCUT2D eigenvalue weighted by molar-refractivity contribution is 0.320. The van der Waals surface area contributed by atoms with E-state index in [1.807, 2.05) is 0 Å². The molecule has 0 N–H and O–H groups in total. The highest BCUT2D eigenvalue weighted by Crippen LogP contribution is 2.35. The Kier molecular flexibility index (Phi) is 4.79. The van der Waals surface area contributed by atoms with Crippen LogP contribution < -0.4 is 4.74 Å². The van der Waals surface area contributed by atoms with E-state index < -0.39 is 11.6 Å². The maximum atomic E-state index is 13.2. The van der Waals surface area contributed by atoms with E-state index in [9.17, 15) is 8.78 Å². The van der Waals surface area contributed by atoms with Crippen LogP contribution in [0, 0.1) is 11.6 Å². The third-order valence-electron chi connectivity index (χ3n) is 1.40. The number of halogens is 5. The average molecular weight is 395 g/mol. The number of rotatable bonds is 3. The first-order valence-corrected chi connectivity index (χ1v) is 6.30. The molecule has 14 heavy (non-hydrogen) atoms. The lowest BCUT2D eigenvalue weighted by atomic mass is 10.3. The molecule has 0 saturated carbocycles. The maximum Gasteiger partial charge on any atom is 0.172 e. The van der Waals surface area contributed by atoms with Crippen LogP contribution in [0.15, 0.2) is 15.0 Å². The lowest BCUT2D eigenvalue weighted by Gasteiger charge is -2.09. The minimum Gasteiger partial charge on any atom is -0.488 e. The summed E-state index contributed by atoms with van der Waals surface area (Å²) in [7, 11) is 0. The van der Waals surface area contributed by atoms with Crippen LogP contribution in [0.3, 0.4) is 0 Å². The van der Waals surface area contributed by atoms with Crippen molar-refractivity contribution in [2.45, 2.75) is 0 Å². The highest BCUT2D eigenvalue weighted by Gasteiger charge is 2.16. The van der Waals surface area contributed by atoms with Gasteiger partial charge in [0.2, 0.25) is 0 Å². The molecule has 0 amide bonds. The predicted octanol–water partition coefficient (Wildman–Crippen LogP) is 4.26. The molecule has 78 valence electrons. The van der Waals surface area contributed by atoms with Gasteiger partial charge in [-0.1, -0.05) is 15.9 Å². The molecule has 0 bridgehead atoms. The second kappa shape index (κ2) is 5.42. The van der Waals surface area contributed by atoms with Crippen molar-refractivity contribution >= 4 is 47.8 Å². The second-order valence-electron chi connectivity index (χ2n) is 2.33. The quantitative estimate of drug-likeness (QED) is 0.423. The fraction of sp³-hybridized carbons (Fsp3) is 0.250. The van der Waals surface area contributed by atoms with Crippen LogP contribution in [0.4, 0.5) is 8.78 Å². The van der Waals surface area contributed by atoms with E-state index in [0.717, 1.165) is 6.07 Å². The number of hydrogen-bond donors (Lipinski definition) is 0. The van der Waals surface area contributed by atoms with E-state index in [1.54, 1.807) is 0 Å². The summed E-state index contributed by atoms with van der Waals surface area (Å²) in [6, 6.07) is 1.03. The van der Waals surface area contributed by atoms with Gasteiger partial charge in [-0.3, -0.25) is 0 Å². The Morgan fingerprint density at radius 2 is 1.93 bits per heavy atom. The van der Waals surface area contributed by atoms with E-state index in [2.05, 4.69) is 47.8 Å². The van der Waals surface area contributed by atoms with Crippen LogP contribution in [0.2, 0.25) is 0 Å². The number of hydrogen-bond acceptors (Lipinski definition) is 1. The predicted molar refractivity (Wildman–Crippen MR) is 61.0 cm³/mol. The Hall–Kier alpha value is 0.320. The van der Waals surface area contributed by atoms with Crippen molar-refractivity contribution in [3.05, 3.63) is 26.6 Å². The number of ether oxygens (including phenoxy) is 1. The Labute approximate surface area is 105 Å². The monoisotopic (exact) mass is 392 g/mol. The van der Waals surface area contributed by atoms with Gasteiger partial charge in [0, 0.05) is 5.33 Å². The largest absolute Gasteiger partial charge is 0.488 e. The molecule has 0 aliphatic carbocycles. The first kappa shape index (κ1) is 12.4. The number of alkyl halides is 1. The van der Waals surface area contributed by atoms with Crippen molar-refractivity contribution in [2.24, 2.45) is 0 Å². The van der Waals surface area contributed by atoms with E-state index in [0.29, 0.717) is 5.33 Å². The van der Waals surface area contributed by atoms with Gasteiger partial charge in [-0.15, -0.1) is 0 Å². The first-order valence-electron chi connectivity index (χ1n) is 3.59. The zero-order chi connectivity index (χ0) is 10.7. The van der Waals surface area contributed by atoms with Gasteiger partial charge < -0.3 is 4.74 Å². The molecular formula is C8H5Br3F2O. The summed E-state index contributed by atoms with van der Waals surface area (Å²) < 4.78 is 31.6. The van der Waals surface area contributed by atoms with Crippen LogP contribution in [0.25, 0.3) is 0 Å². The van der Waals surface area contributed by atoms with Crippen molar-refractivity contribution < 1.29 is 13.5 Å². The van der Waals surface area contributed by atoms with Gasteiger partial charge in [0.1, 0.15) is 0 Å². The van der Waals surface area contributed by atoms with Crippen molar-refractivity contribution in [3.63, 3.8) is 0 Å². The Bertz CT molecular complexity index is 344. The highest BCUT2D eigenvalue weighted by molar-refractivity contribution is 9.11. The average Bonchev–Trinajstić information content (AvgIpc) is 2.14. The summed E-state index contributed by atoms with van der Waals surface area (Å²) in [4.78, 5) is 0. The van der Waals surface area contributed by atoms with Gasteiger partial charge in [-0.05, 0) is 37.9 Å². The fourth-order valence-corrected chi connectivity index (χ4v) is 2.17. The Morgan fingerprint density at radius 3 is 2.50 bits per heavy atom. The van der Waals surface area contributed by atoms with Crippen LogP contribution in [-0.4, -0.2) is 11.9 Å². The minimum atomic E-state index is -0.605. The summed E-state index contributed by atoms with van der Waals surface area (Å²) in [5.41, 5.74) is 0. The van der Waals surface area contributed by atoms with E-state index in [4.69, 9.17) is 4.74 Å². The lowest BCUT2D eigenvalue weighted by Crippen LogP contribution is -2.02. The van der Waals surface area contributed by atoms with Crippen LogP contribution >= 0.6 is 47.8 Å². The second-order valence-corrected chi connectivity index (χ2v) is 4.78. The molecule has 0 aromatic heterocycles. The van der Waals surface area contributed by atoms with Crippen LogP contribution in [0.5, 0.6) is 5.75 Å². The fourth-order valence-electron chi connectivity index (χ4n) is 0.822. The highest BCUT2D eigenvalue weighted by atomic mass is 79.9. The van der Waals surface area contributed by atoms with Gasteiger partial charge in [0.25, 0.3) is 0 Å². The SMILES string of the molecule is Fc1cc(Br)c(F)c(Br)c1OCCBr. The molecule has 0 spiro atoms. The van der Waals surface area contributed by atoms with Gasteiger partial charge in [-0.2, -0.15) is 0 Å². The van der Waals surface area contributed by atoms with E-state index in [-0.39, 0.29) is 21.3 Å². The molecule has 0 atom stereocenters. The Balaban J connectivity index is 3.09. The molecule has 0 aliphatic heterocycles. The molecule has 0 heterocycles. The third-order valence-corrected chi connectivity index (χ3v) is 3.00. The Morgan fingerprint density at radius 1 is 1.29 bits per heavy atom. The van der Waals surface area contributed by atoms with Gasteiger partial charge >= 0.3 is 0 Å². The third kappa shape index (κ3) is 2.67. The van der Waals surface area contributed by atoms with Crippen molar-refractivity contribution in [2.75, 3.05) is 11.9 Å². The summed E-state index contributed by atoms with van der Waals surface area (Å²) in [5, 5.41) is 0.552. The van der Waals surface area contributed by atoms with E-state index in [1.165, 1.54) is 0 Å². The summed E-state index contributed by atoms with van der Waals surface area (Å²) in [6.07, 6.45) is 0. The van der Waals surface area contributed by atoms with Crippen molar-refractivity contribution in [1.82, 2.24) is 0 Å². The van der Waals surface area contributed by atoms with Crippen LogP contribution in [-0.2, 0) is 0 Å². The summed E-state index contributed by atoms with van der Waals surface area (Å²) in [6.45, 7) is 0.274. The molecule has 0 fully saturated rings. The molecule has 1 rings (SSSR count). The molecule has 6 heteroatoms. The zero-order valence-electron chi connectivity index (χ0n) is 6.79. The molecule has 1 aromatic rings. The standard InChI is InChI=1S/C8H5Br3F2O/c9-1-2-14-8-5(12)3-4(10)7(13)6(8)11/h3H,1-2H2. The van der Waals surface area contributed by atoms with E-state index >= 15 is 0 Å². The smallest absolute Gasteiger partial charge is 0.172 e. The van der Waals surface area contributed by atoms with Crippen LogP contribution in [0.1, 0.15) is 0 Å². The molecule has 0 radical (unpaired) electrons. The molecule has 1 nitrogen and oxygen atoms in total. The van der Waals surface area contributed by atoms with Crippen molar-refractivity contribution in [1.29, 1.82) is 0 Å². The molecular weight excluding hydrogens is 390 g/mol. The minimum absolute atomic E-state index is 0.00896. The molecule has 1 aromatic carbocycles. The first-order chi connectivity index (χ1) is 6.57. The van der Waals surface area contributed by atoms with Gasteiger partial charge in [-0.25, -0.2) is 8.78 Å². The zero-order valence-corrected chi connectivity index (χ0v) is 11.5. The molecule has 0 aliphatic rings.